The van der Waals surface area contributed by atoms with Gasteiger partial charge in [-0.05, 0) is 130 Å². The van der Waals surface area contributed by atoms with Crippen molar-refractivity contribution in [3.05, 3.63) is 214 Å². The van der Waals surface area contributed by atoms with E-state index in [4.69, 9.17) is 4.74 Å². The molecule has 1 aliphatic heterocycles. The van der Waals surface area contributed by atoms with E-state index >= 15 is 0 Å². The number of rotatable bonds is 4. The molecule has 8 aromatic rings. The summed E-state index contributed by atoms with van der Waals surface area (Å²) in [7, 11) is 0. The molecule has 0 bridgehead atoms. The van der Waals surface area contributed by atoms with Crippen molar-refractivity contribution in [2.75, 3.05) is 0 Å². The molecule has 3 aliphatic rings. The highest BCUT2D eigenvalue weighted by atomic mass is 16.5. The molecular weight excluding hydrogens is 641 g/mol. The summed E-state index contributed by atoms with van der Waals surface area (Å²) in [6.07, 6.45) is 5.43. The molecule has 0 aromatic heterocycles. The third-order valence-electron chi connectivity index (χ3n) is 11.4. The van der Waals surface area contributed by atoms with E-state index in [-0.39, 0.29) is 0 Å². The molecule has 0 fully saturated rings. The van der Waals surface area contributed by atoms with Gasteiger partial charge in [0.15, 0.2) is 0 Å². The van der Waals surface area contributed by atoms with E-state index in [0.717, 1.165) is 17.9 Å². The first kappa shape index (κ1) is 30.0. The Balaban J connectivity index is 1.13. The third-order valence-corrected chi connectivity index (χ3v) is 11.4. The van der Waals surface area contributed by atoms with Gasteiger partial charge in [-0.2, -0.15) is 0 Å². The molecule has 0 spiro atoms. The first-order valence-corrected chi connectivity index (χ1v) is 18.5. The number of fused-ring (bicyclic) bond motifs is 2. The molecule has 0 atom stereocenters. The molecule has 1 heteroatoms. The summed E-state index contributed by atoms with van der Waals surface area (Å²) in [4.78, 5) is 0. The second-order valence-electron chi connectivity index (χ2n) is 14.4. The van der Waals surface area contributed by atoms with Crippen LogP contribution in [0.15, 0.2) is 170 Å². The summed E-state index contributed by atoms with van der Waals surface area (Å²) in [5.41, 5.74) is 16.4. The van der Waals surface area contributed by atoms with Gasteiger partial charge >= 0.3 is 0 Å². The first-order chi connectivity index (χ1) is 26.2. The van der Waals surface area contributed by atoms with Gasteiger partial charge in [0.25, 0.3) is 0 Å². The molecule has 1 heterocycles. The van der Waals surface area contributed by atoms with E-state index in [2.05, 4.69) is 183 Å². The van der Waals surface area contributed by atoms with E-state index in [0.29, 0.717) is 0 Å². The summed E-state index contributed by atoms with van der Waals surface area (Å²) in [5, 5.41) is 7.62. The van der Waals surface area contributed by atoms with Crippen molar-refractivity contribution in [1.82, 2.24) is 0 Å². The lowest BCUT2D eigenvalue weighted by molar-refractivity contribution is 0.452. The molecule has 1 nitrogen and oxygen atoms in total. The van der Waals surface area contributed by atoms with Crippen LogP contribution in [0.2, 0.25) is 0 Å². The highest BCUT2D eigenvalue weighted by molar-refractivity contribution is 6.39. The van der Waals surface area contributed by atoms with Crippen LogP contribution in [0.25, 0.3) is 72.3 Å². The summed E-state index contributed by atoms with van der Waals surface area (Å²) in [6, 6.07) is 59.7. The lowest BCUT2D eigenvalue weighted by Crippen LogP contribution is -1.96. The van der Waals surface area contributed by atoms with Gasteiger partial charge in [-0.25, -0.2) is 0 Å². The van der Waals surface area contributed by atoms with Crippen LogP contribution in [0.5, 0.6) is 5.75 Å². The second kappa shape index (κ2) is 11.7. The normalized spacial score (nSPS) is 16.7. The van der Waals surface area contributed by atoms with Crippen molar-refractivity contribution in [2.24, 2.45) is 0 Å². The van der Waals surface area contributed by atoms with Crippen molar-refractivity contribution in [3.63, 3.8) is 0 Å². The second-order valence-corrected chi connectivity index (χ2v) is 14.4. The number of ether oxygens (including phenoxy) is 1. The minimum Gasteiger partial charge on any atom is -0.461 e. The van der Waals surface area contributed by atoms with Crippen LogP contribution in [0.3, 0.4) is 0 Å². The average molecular weight is 675 g/mol. The van der Waals surface area contributed by atoms with Crippen LogP contribution in [0, 0.1) is 0 Å². The number of hydrogen-bond donors (Lipinski definition) is 0. The summed E-state index contributed by atoms with van der Waals surface area (Å²) < 4.78 is 6.51. The van der Waals surface area contributed by atoms with Gasteiger partial charge in [0.05, 0.1) is 0 Å². The van der Waals surface area contributed by atoms with Crippen LogP contribution in [0.1, 0.15) is 51.4 Å². The van der Waals surface area contributed by atoms with Crippen LogP contribution < -0.4 is 4.74 Å². The Hall–Kier alpha value is -6.70. The Morgan fingerprint density at radius 3 is 2.04 bits per heavy atom. The molecule has 53 heavy (non-hydrogen) atoms. The molecule has 11 rings (SSSR count). The predicted molar refractivity (Wildman–Crippen MR) is 224 cm³/mol. The van der Waals surface area contributed by atoms with Gasteiger partial charge in [-0.3, -0.25) is 0 Å². The molecule has 0 saturated carbocycles. The molecule has 8 aromatic carbocycles. The zero-order valence-corrected chi connectivity index (χ0v) is 29.4. The molecule has 0 amide bonds. The predicted octanol–water partition coefficient (Wildman–Crippen LogP) is 13.5. The first-order valence-electron chi connectivity index (χ1n) is 18.5. The maximum Gasteiger partial charge on any atom is 0.131 e. The number of benzene rings is 8. The van der Waals surface area contributed by atoms with E-state index < -0.39 is 0 Å². The van der Waals surface area contributed by atoms with Crippen molar-refractivity contribution in [3.8, 4) is 5.75 Å². The zero-order chi connectivity index (χ0) is 35.0. The van der Waals surface area contributed by atoms with Crippen molar-refractivity contribution >= 4 is 72.3 Å². The van der Waals surface area contributed by atoms with Crippen LogP contribution in [-0.4, -0.2) is 0 Å². The van der Waals surface area contributed by atoms with E-state index in [1.54, 1.807) is 0 Å². The molecular formula is C52H34O. The van der Waals surface area contributed by atoms with Crippen LogP contribution in [0.4, 0.5) is 0 Å². The number of allylic oxidation sites excluding steroid dienone is 6. The highest BCUT2D eigenvalue weighted by Gasteiger charge is 2.33. The quantitative estimate of drug-likeness (QED) is 0.181. The molecule has 248 valence electrons. The molecule has 0 unspecified atom stereocenters. The lowest BCUT2D eigenvalue weighted by atomic mass is 9.83. The number of hydrogen-bond acceptors (Lipinski definition) is 1. The van der Waals surface area contributed by atoms with E-state index in [1.807, 2.05) is 0 Å². The maximum atomic E-state index is 6.51. The average Bonchev–Trinajstić information content (AvgIpc) is 3.84. The fraction of sp³-hybridized carbons (Fsp3) is 0.0385. The van der Waals surface area contributed by atoms with Gasteiger partial charge in [0, 0.05) is 12.0 Å². The summed E-state index contributed by atoms with van der Waals surface area (Å²) in [6.45, 7) is 2.32. The van der Waals surface area contributed by atoms with Gasteiger partial charge in [-0.15, -0.1) is 0 Å². The molecule has 2 aliphatic carbocycles. The van der Waals surface area contributed by atoms with E-state index in [1.165, 1.54) is 105 Å². The molecule has 0 N–H and O–H groups in total. The standard InChI is InChI=1S/C52H34O/c1-32-41-21-12-22-42-38(29-40-30-39-28-36-17-8-9-18-37(36)31-47(39)53-40)25-26-45(51(41)42)48(32)50(35-15-6-3-7-16-35)52-44-24-11-20-34-19-10-23-43(49(34)44)46(52)27-33-13-4-2-5-14-33/h2-29,31H,30H2,1H3/b40-29-,46-27+,52-50-. The minimum absolute atomic E-state index is 0.790. The largest absolute Gasteiger partial charge is 0.461 e. The van der Waals surface area contributed by atoms with Crippen molar-refractivity contribution < 1.29 is 4.74 Å². The lowest BCUT2D eigenvalue weighted by Gasteiger charge is -2.19. The van der Waals surface area contributed by atoms with E-state index in [9.17, 15) is 0 Å². The Kier molecular flexibility index (Phi) is 6.60. The van der Waals surface area contributed by atoms with Gasteiger partial charge in [0.1, 0.15) is 11.5 Å². The van der Waals surface area contributed by atoms with Crippen molar-refractivity contribution in [2.45, 2.75) is 13.3 Å². The summed E-state index contributed by atoms with van der Waals surface area (Å²) in [5.74, 6) is 1.95. The fourth-order valence-electron chi connectivity index (χ4n) is 9.06. The Labute approximate surface area is 309 Å². The van der Waals surface area contributed by atoms with Crippen LogP contribution in [-0.2, 0) is 6.42 Å². The van der Waals surface area contributed by atoms with Crippen LogP contribution >= 0.6 is 0 Å². The van der Waals surface area contributed by atoms with Gasteiger partial charge in [-0.1, -0.05) is 152 Å². The highest BCUT2D eigenvalue weighted by Crippen LogP contribution is 2.56. The zero-order valence-electron chi connectivity index (χ0n) is 29.4. The SMILES string of the molecule is CC1=C(/C(=C2\C(=C\c3ccccc3)c3cccc4cccc2c34)c2ccccc2)c2ccc(/C=C3/Cc4cc5ccccc5cc4O3)c3cccc1c23. The molecule has 0 radical (unpaired) electrons. The Bertz CT molecular complexity index is 2920. The maximum absolute atomic E-state index is 6.51. The molecule has 0 saturated heterocycles. The van der Waals surface area contributed by atoms with Crippen molar-refractivity contribution in [1.29, 1.82) is 0 Å². The van der Waals surface area contributed by atoms with Gasteiger partial charge < -0.3 is 4.74 Å². The topological polar surface area (TPSA) is 9.23 Å². The Morgan fingerprint density at radius 1 is 0.547 bits per heavy atom. The Morgan fingerprint density at radius 2 is 1.23 bits per heavy atom. The van der Waals surface area contributed by atoms with Gasteiger partial charge in [0.2, 0.25) is 0 Å². The monoisotopic (exact) mass is 674 g/mol. The minimum atomic E-state index is 0.790. The smallest absolute Gasteiger partial charge is 0.131 e. The third kappa shape index (κ3) is 4.64. The fourth-order valence-corrected chi connectivity index (χ4v) is 9.06. The summed E-state index contributed by atoms with van der Waals surface area (Å²) >= 11 is 0.